The van der Waals surface area contributed by atoms with Crippen LogP contribution in [0.4, 0.5) is 0 Å². The van der Waals surface area contributed by atoms with Gasteiger partial charge in [-0.05, 0) is 30.7 Å². The predicted molar refractivity (Wildman–Crippen MR) is 92.5 cm³/mol. The van der Waals surface area contributed by atoms with Gasteiger partial charge in [0.05, 0.1) is 12.4 Å². The number of carboxylic acid groups (broad SMARTS) is 1. The summed E-state index contributed by atoms with van der Waals surface area (Å²) in [4.78, 5) is 29.3. The van der Waals surface area contributed by atoms with Crippen LogP contribution in [0, 0.1) is 0 Å². The Kier molecular flexibility index (Phi) is 4.61. The van der Waals surface area contributed by atoms with E-state index < -0.39 is 17.1 Å². The van der Waals surface area contributed by atoms with Crippen LogP contribution in [0.15, 0.2) is 53.7 Å². The first-order chi connectivity index (χ1) is 12.5. The number of carboxylic acids is 1. The molecule has 2 heterocycles. The zero-order chi connectivity index (χ0) is 18.7. The normalized spacial score (nSPS) is 10.5. The van der Waals surface area contributed by atoms with Crippen LogP contribution in [0.1, 0.15) is 17.3 Å². The number of aromatic nitrogens is 5. The molecule has 0 saturated carbocycles. The van der Waals surface area contributed by atoms with Crippen molar-refractivity contribution in [2.75, 3.05) is 6.61 Å². The molecule has 0 atom stereocenters. The topological polar surface area (TPSA) is 123 Å². The van der Waals surface area contributed by atoms with Crippen molar-refractivity contribution in [3.8, 4) is 22.8 Å². The van der Waals surface area contributed by atoms with E-state index >= 15 is 0 Å². The lowest BCUT2D eigenvalue weighted by Gasteiger charge is -2.12. The Balaban J connectivity index is 2.05. The van der Waals surface area contributed by atoms with E-state index in [4.69, 9.17) is 9.84 Å². The molecule has 0 aliphatic heterocycles. The maximum atomic E-state index is 11.9. The van der Waals surface area contributed by atoms with Gasteiger partial charge in [0.1, 0.15) is 29.4 Å². The van der Waals surface area contributed by atoms with Gasteiger partial charge in [0, 0.05) is 11.8 Å². The molecule has 0 aliphatic carbocycles. The molecule has 0 bridgehead atoms. The zero-order valence-electron chi connectivity index (χ0n) is 13.8. The van der Waals surface area contributed by atoms with Crippen molar-refractivity contribution < 1.29 is 14.6 Å². The summed E-state index contributed by atoms with van der Waals surface area (Å²) in [6, 6.07) is 5.12. The van der Waals surface area contributed by atoms with Crippen LogP contribution in [0.2, 0.25) is 0 Å². The van der Waals surface area contributed by atoms with Crippen LogP contribution >= 0.6 is 0 Å². The number of hydrogen-bond donors (Lipinski definition) is 2. The van der Waals surface area contributed by atoms with E-state index in [1.165, 1.54) is 10.9 Å². The lowest BCUT2D eigenvalue weighted by molar-refractivity contribution is 0.0694. The van der Waals surface area contributed by atoms with Crippen molar-refractivity contribution >= 4 is 5.97 Å². The summed E-state index contributed by atoms with van der Waals surface area (Å²) in [5, 5.41) is 16.7. The Morgan fingerprint density at radius 2 is 2.23 bits per heavy atom. The van der Waals surface area contributed by atoms with Gasteiger partial charge >= 0.3 is 5.97 Å². The second-order valence-corrected chi connectivity index (χ2v) is 5.56. The van der Waals surface area contributed by atoms with E-state index in [2.05, 4.69) is 26.9 Å². The Bertz CT molecular complexity index is 1020. The molecule has 0 fully saturated rings. The third-order valence-electron chi connectivity index (χ3n) is 3.41. The second-order valence-electron chi connectivity index (χ2n) is 5.56. The summed E-state index contributed by atoms with van der Waals surface area (Å²) < 4.78 is 7.24. The Morgan fingerprint density at radius 1 is 1.42 bits per heavy atom. The number of aromatic carboxylic acids is 1. The molecule has 0 saturated heterocycles. The number of nitrogens with one attached hydrogen (secondary N) is 1. The molecule has 0 aliphatic rings. The van der Waals surface area contributed by atoms with Crippen molar-refractivity contribution in [3.05, 3.63) is 64.9 Å². The van der Waals surface area contributed by atoms with Crippen LogP contribution in [-0.2, 0) is 0 Å². The van der Waals surface area contributed by atoms with Gasteiger partial charge < -0.3 is 14.8 Å². The highest BCUT2D eigenvalue weighted by Gasteiger charge is 2.14. The number of rotatable bonds is 6. The number of ether oxygens (including phenoxy) is 1. The first-order valence-electron chi connectivity index (χ1n) is 7.56. The van der Waals surface area contributed by atoms with E-state index in [9.17, 15) is 9.59 Å². The summed E-state index contributed by atoms with van der Waals surface area (Å²) in [5.41, 5.74) is 0.853. The third-order valence-corrected chi connectivity index (χ3v) is 3.41. The first-order valence-corrected chi connectivity index (χ1v) is 7.56. The van der Waals surface area contributed by atoms with Gasteiger partial charge in [0.25, 0.3) is 5.56 Å². The summed E-state index contributed by atoms with van der Waals surface area (Å²) in [6.07, 6.45) is 4.20. The molecular weight excluding hydrogens is 338 g/mol. The van der Waals surface area contributed by atoms with Gasteiger partial charge in [-0.25, -0.2) is 14.5 Å². The predicted octanol–water partition coefficient (Wildman–Crippen LogP) is 1.67. The van der Waals surface area contributed by atoms with Crippen LogP contribution in [0.5, 0.6) is 5.75 Å². The number of aromatic amines is 1. The molecule has 0 unspecified atom stereocenters. The number of hydrogen-bond acceptors (Lipinski definition) is 6. The Hall–Kier alpha value is -3.75. The number of H-pyrrole nitrogens is 1. The molecule has 9 nitrogen and oxygen atoms in total. The molecule has 2 aromatic heterocycles. The van der Waals surface area contributed by atoms with E-state index in [-0.39, 0.29) is 5.82 Å². The molecule has 0 spiro atoms. The minimum atomic E-state index is -1.34. The molecule has 0 radical (unpaired) electrons. The maximum Gasteiger partial charge on any atom is 0.342 e. The molecule has 3 aromatic rings. The van der Waals surface area contributed by atoms with E-state index in [0.29, 0.717) is 23.6 Å². The molecule has 1 aromatic carbocycles. The average Bonchev–Trinajstić information content (AvgIpc) is 3.13. The summed E-state index contributed by atoms with van der Waals surface area (Å²) in [7, 11) is 0. The molecule has 3 rings (SSSR count). The highest BCUT2D eigenvalue weighted by Crippen LogP contribution is 2.27. The first kappa shape index (κ1) is 17.1. The summed E-state index contributed by atoms with van der Waals surface area (Å²) in [5.74, 6) is -0.559. The number of carbonyl (C=O) groups is 1. The largest absolute Gasteiger partial charge is 0.487 e. The highest BCUT2D eigenvalue weighted by atomic mass is 16.5. The zero-order valence-corrected chi connectivity index (χ0v) is 13.8. The second kappa shape index (κ2) is 7.01. The number of nitrogens with zero attached hydrogens (tertiary/aromatic N) is 4. The van der Waals surface area contributed by atoms with Crippen molar-refractivity contribution in [1.29, 1.82) is 0 Å². The Labute approximate surface area is 147 Å². The minimum absolute atomic E-state index is 0.229. The van der Waals surface area contributed by atoms with Gasteiger partial charge in [-0.1, -0.05) is 11.8 Å². The van der Waals surface area contributed by atoms with Crippen LogP contribution in [-0.4, -0.2) is 42.6 Å². The van der Waals surface area contributed by atoms with Crippen molar-refractivity contribution in [3.63, 3.8) is 0 Å². The molecule has 2 N–H and O–H groups in total. The van der Waals surface area contributed by atoms with Gasteiger partial charge in [0.2, 0.25) is 0 Å². The van der Waals surface area contributed by atoms with E-state index in [1.54, 1.807) is 24.4 Å². The van der Waals surface area contributed by atoms with Gasteiger partial charge in [-0.15, -0.1) is 5.10 Å². The maximum absolute atomic E-state index is 11.9. The van der Waals surface area contributed by atoms with Crippen LogP contribution in [0.3, 0.4) is 0 Å². The number of benzene rings is 1. The lowest BCUT2D eigenvalue weighted by atomic mass is 10.1. The third kappa shape index (κ3) is 3.51. The molecular formula is C17H15N5O4. The van der Waals surface area contributed by atoms with Crippen molar-refractivity contribution in [2.45, 2.75) is 6.92 Å². The fourth-order valence-electron chi connectivity index (χ4n) is 2.20. The van der Waals surface area contributed by atoms with Crippen molar-refractivity contribution in [2.24, 2.45) is 0 Å². The highest BCUT2D eigenvalue weighted by molar-refractivity contribution is 5.86. The monoisotopic (exact) mass is 353 g/mol. The van der Waals surface area contributed by atoms with E-state index in [1.807, 2.05) is 6.92 Å². The minimum Gasteiger partial charge on any atom is -0.487 e. The average molecular weight is 353 g/mol. The van der Waals surface area contributed by atoms with Crippen molar-refractivity contribution in [1.82, 2.24) is 25.0 Å². The molecule has 9 heteroatoms. The van der Waals surface area contributed by atoms with E-state index in [0.717, 1.165) is 11.8 Å². The van der Waals surface area contributed by atoms with Gasteiger partial charge in [-0.2, -0.15) is 0 Å². The fraction of sp³-hybridized carbons (Fsp3) is 0.118. The SMILES string of the molecule is C=C(C)COc1ccc(-c2ncc(C(=O)O)c(=O)[nH]2)cc1-n1ccnn1. The summed E-state index contributed by atoms with van der Waals surface area (Å²) in [6.45, 7) is 5.99. The van der Waals surface area contributed by atoms with Crippen LogP contribution in [0.25, 0.3) is 17.1 Å². The fourth-order valence-corrected chi connectivity index (χ4v) is 2.20. The quantitative estimate of drug-likeness (QED) is 0.646. The van der Waals surface area contributed by atoms with Gasteiger partial charge in [0.15, 0.2) is 0 Å². The smallest absolute Gasteiger partial charge is 0.342 e. The molecule has 0 amide bonds. The summed E-state index contributed by atoms with van der Waals surface area (Å²) >= 11 is 0. The van der Waals surface area contributed by atoms with Crippen LogP contribution < -0.4 is 10.3 Å². The molecule has 132 valence electrons. The lowest BCUT2D eigenvalue weighted by Crippen LogP contribution is -2.18. The molecule has 26 heavy (non-hydrogen) atoms. The standard InChI is InChI=1S/C17H15N5O4/c1-10(2)9-26-14-4-3-11(7-13(14)22-6-5-19-21-22)15-18-8-12(17(24)25)16(23)20-15/h3-8H,1,9H2,2H3,(H,24,25)(H,18,20,23). The van der Waals surface area contributed by atoms with Gasteiger partial charge in [-0.3, -0.25) is 4.79 Å². The Morgan fingerprint density at radius 3 is 2.85 bits per heavy atom.